The first-order valence-electron chi connectivity index (χ1n) is 21.2. The molecule has 0 bridgehead atoms. The molecule has 0 saturated heterocycles. The predicted molar refractivity (Wildman–Crippen MR) is 329 cm³/mol. The zero-order valence-electron chi connectivity index (χ0n) is 41.3. The van der Waals surface area contributed by atoms with Gasteiger partial charge in [-0.2, -0.15) is 0 Å². The standard InChI is InChI=1S/C25H26Cl2O2S6.C22H20Cl2O8.C2H7O2PS2/c1-28-22-17(24(31)34-4)10-14(12-19(22)26)16(8-6-7-9-21(30)33-3)15-11-18(25(32)35-5)23(29-2)20(27)13-15;1-31-19-14(21(27)28)7-11(9-16(19)23)13(5-3-4-6-18(25)26)12-8-15(22(29)30)20(32-2)17(24)10-12;1-3-5(6,7)4-2/h8,10-13H,6-7,9H2,1-5H3;5,7-10H,3-4,6H2,1-2H3,(H,25,26)(H,27,28)(H,29,30);1-2H3,(H,6,7). The smallest absolute Gasteiger partial charge is 0.339 e. The Labute approximate surface area is 491 Å². The summed E-state index contributed by atoms with van der Waals surface area (Å²) in [5, 5.41) is 29.1. The maximum Gasteiger partial charge on any atom is 0.339 e. The number of hydrogen-bond acceptors (Lipinski definition) is 16. The number of aliphatic carboxylic acids is 1. The van der Waals surface area contributed by atoms with Crippen molar-refractivity contribution in [1.29, 1.82) is 0 Å². The molecule has 0 aliphatic rings. The highest BCUT2D eigenvalue weighted by atomic mass is 35.5. The number of hydrogen-bond donors (Lipinski definition) is 4. The van der Waals surface area contributed by atoms with E-state index in [4.69, 9.17) is 107 Å². The van der Waals surface area contributed by atoms with E-state index in [0.717, 1.165) is 51.3 Å². The number of carboxylic acids is 3. The van der Waals surface area contributed by atoms with E-state index in [2.05, 4.69) is 39.2 Å². The molecule has 0 saturated carbocycles. The van der Waals surface area contributed by atoms with Crippen LogP contribution >= 0.6 is 136 Å². The van der Waals surface area contributed by atoms with Gasteiger partial charge in [0.25, 0.3) is 0 Å². The first-order valence-corrected chi connectivity index (χ1v) is 31.4. The van der Waals surface area contributed by atoms with E-state index >= 15 is 0 Å². The van der Waals surface area contributed by atoms with Crippen LogP contribution in [0.4, 0.5) is 0 Å². The van der Waals surface area contributed by atoms with Crippen molar-refractivity contribution in [3.63, 3.8) is 0 Å². The van der Waals surface area contributed by atoms with Gasteiger partial charge in [-0.15, -0.1) is 35.3 Å². The first-order chi connectivity index (χ1) is 34.9. The molecule has 0 radical (unpaired) electrons. The van der Waals surface area contributed by atoms with Crippen LogP contribution in [0, 0.1) is 0 Å². The molecule has 0 unspecified atom stereocenters. The van der Waals surface area contributed by atoms with Crippen molar-refractivity contribution in [2.24, 2.45) is 0 Å². The van der Waals surface area contributed by atoms with Gasteiger partial charge in [-0.25, -0.2) is 9.59 Å². The van der Waals surface area contributed by atoms with E-state index in [1.165, 1.54) is 76.2 Å². The molecule has 12 nitrogen and oxygen atoms in total. The van der Waals surface area contributed by atoms with Crippen molar-refractivity contribution in [1.82, 2.24) is 0 Å². The molecule has 0 atom stereocenters. The van der Waals surface area contributed by atoms with E-state index in [0.29, 0.717) is 59.5 Å². The summed E-state index contributed by atoms with van der Waals surface area (Å²) in [7, 11) is 8.74. The Kier molecular flexibility index (Phi) is 30.7. The van der Waals surface area contributed by atoms with Gasteiger partial charge in [0.05, 0.1) is 56.9 Å². The van der Waals surface area contributed by atoms with Gasteiger partial charge in [-0.3, -0.25) is 4.79 Å². The lowest BCUT2D eigenvalue weighted by Gasteiger charge is -2.18. The lowest BCUT2D eigenvalue weighted by molar-refractivity contribution is -0.137. The second-order valence-corrected chi connectivity index (χ2v) is 26.3. The average molecular weight is 1260 g/mol. The minimum Gasteiger partial charge on any atom is -0.494 e. The number of methoxy groups -OCH3 is 4. The fourth-order valence-corrected chi connectivity index (χ4v) is 9.51. The molecule has 0 aliphatic carbocycles. The number of thioether (sulfide) groups is 3. The molecule has 74 heavy (non-hydrogen) atoms. The van der Waals surface area contributed by atoms with Gasteiger partial charge in [0, 0.05) is 36.0 Å². The summed E-state index contributed by atoms with van der Waals surface area (Å²) in [5.41, 5.74) is 3.01. The number of ether oxygens (including phenoxy) is 4. The summed E-state index contributed by atoms with van der Waals surface area (Å²) in [5.74, 6) is -2.40. The maximum absolute atomic E-state index is 11.7. The number of unbranched alkanes of at least 4 members (excludes halogenated alkanes) is 2. The summed E-state index contributed by atoms with van der Waals surface area (Å²) in [6.45, 7) is 0. The molecule has 0 heterocycles. The maximum atomic E-state index is 11.7. The second kappa shape index (κ2) is 33.6. The van der Waals surface area contributed by atoms with E-state index < -0.39 is 23.6 Å². The topological polar surface area (TPSA) is 167 Å². The Morgan fingerprint density at radius 2 is 0.838 bits per heavy atom. The minimum absolute atomic E-state index is 0.0212. The van der Waals surface area contributed by atoms with Crippen molar-refractivity contribution in [3.8, 4) is 23.0 Å². The third-order valence-corrected chi connectivity index (χ3v) is 18.0. The lowest BCUT2D eigenvalue weighted by Crippen LogP contribution is -2.05. The highest BCUT2D eigenvalue weighted by Gasteiger charge is 2.23. The number of aromatic carboxylic acids is 2. The SMILES string of the molecule is COP(=S)(S)OC.COc1c(Cl)cc(C(=CCCCC(=O)O)c2cc(Cl)c(OC)c(C(=O)O)c2)cc1C(=O)O.COc1c(Cl)cc(C(=CCCCC(=S)SC)c2cc(Cl)c(OC)c(C(=S)SC)c2)cc1C(=S)SC. The molecule has 0 spiro atoms. The quantitative estimate of drug-likeness (QED) is 0.0254. The van der Waals surface area contributed by atoms with Crippen LogP contribution in [-0.4, -0.2) is 107 Å². The Hall–Kier alpha value is -2.63. The van der Waals surface area contributed by atoms with Crippen LogP contribution in [0.3, 0.4) is 0 Å². The summed E-state index contributed by atoms with van der Waals surface area (Å²) < 4.78 is 33.0. The van der Waals surface area contributed by atoms with Gasteiger partial charge in [0.15, 0.2) is 11.5 Å². The zero-order chi connectivity index (χ0) is 56.0. The van der Waals surface area contributed by atoms with Crippen LogP contribution < -0.4 is 18.9 Å². The number of carbonyl (C=O) groups is 3. The Morgan fingerprint density at radius 1 is 0.541 bits per heavy atom. The molecule has 0 aromatic heterocycles. The number of thiol groups is 1. The molecule has 0 aliphatic heterocycles. The Bertz CT molecular complexity index is 2670. The third-order valence-electron chi connectivity index (χ3n) is 10.1. The second-order valence-electron chi connectivity index (χ2n) is 14.6. The van der Waals surface area contributed by atoms with Crippen molar-refractivity contribution in [3.05, 3.63) is 125 Å². The van der Waals surface area contributed by atoms with Crippen LogP contribution in [0.15, 0.2) is 60.7 Å². The van der Waals surface area contributed by atoms with Crippen LogP contribution in [0.2, 0.25) is 20.1 Å². The molecule has 0 fully saturated rings. The predicted octanol–water partition coefficient (Wildman–Crippen LogP) is 15.9. The molecular weight excluding hydrogens is 1210 g/mol. The van der Waals surface area contributed by atoms with Gasteiger partial charge in [0.2, 0.25) is 5.69 Å². The van der Waals surface area contributed by atoms with Gasteiger partial charge in [-0.05, 0) is 145 Å². The van der Waals surface area contributed by atoms with E-state index in [1.807, 2.05) is 43.0 Å². The lowest BCUT2D eigenvalue weighted by atomic mass is 9.93. The minimum atomic E-state index is -2.13. The summed E-state index contributed by atoms with van der Waals surface area (Å²) in [6.07, 6.45) is 12.9. The van der Waals surface area contributed by atoms with E-state index in [9.17, 15) is 24.6 Å². The number of benzene rings is 4. The highest BCUT2D eigenvalue weighted by molar-refractivity contribution is 8.60. The largest absolute Gasteiger partial charge is 0.494 e. The van der Waals surface area contributed by atoms with Crippen molar-refractivity contribution in [2.45, 2.75) is 38.5 Å². The Morgan fingerprint density at radius 3 is 1.08 bits per heavy atom. The fraction of sp³-hybridized carbons (Fsp3) is 0.306. The van der Waals surface area contributed by atoms with Crippen LogP contribution in [-0.2, 0) is 25.6 Å². The summed E-state index contributed by atoms with van der Waals surface area (Å²) in [4.78, 5) is 34.3. The van der Waals surface area contributed by atoms with E-state index in [-0.39, 0.29) is 39.1 Å². The fourth-order valence-electron chi connectivity index (χ4n) is 6.64. The molecule has 4 aromatic carbocycles. The van der Waals surface area contributed by atoms with E-state index in [1.54, 1.807) is 32.1 Å². The molecule has 0 amide bonds. The van der Waals surface area contributed by atoms with Crippen molar-refractivity contribution < 1.29 is 57.7 Å². The number of carboxylic acid groups (broad SMARTS) is 3. The first kappa shape index (κ1) is 67.5. The summed E-state index contributed by atoms with van der Waals surface area (Å²) in [6, 6.07) is 13.5. The number of halogens is 4. The molecule has 25 heteroatoms. The van der Waals surface area contributed by atoms with Crippen molar-refractivity contribution >= 4 is 190 Å². The van der Waals surface area contributed by atoms with Gasteiger partial charge in [-0.1, -0.05) is 107 Å². The number of rotatable bonds is 22. The van der Waals surface area contributed by atoms with Gasteiger partial charge >= 0.3 is 17.9 Å². The normalized spacial score (nSPS) is 10.6. The van der Waals surface area contributed by atoms with Crippen LogP contribution in [0.1, 0.15) is 92.6 Å². The van der Waals surface area contributed by atoms with Gasteiger partial charge in [0.1, 0.15) is 22.6 Å². The van der Waals surface area contributed by atoms with Crippen LogP contribution in [0.25, 0.3) is 11.1 Å². The molecule has 4 aromatic rings. The molecule has 402 valence electrons. The highest BCUT2D eigenvalue weighted by Crippen LogP contribution is 2.51. The average Bonchev–Trinajstić information content (AvgIpc) is 3.37. The number of thiocarbonyl (C=S) groups is 3. The molecule has 4 rings (SSSR count). The number of allylic oxidation sites excluding steroid dienone is 2. The zero-order valence-corrected chi connectivity index (χ0v) is 51.8. The third kappa shape index (κ3) is 20.0. The molecular formula is C49H53Cl4O12PS8. The Balaban J connectivity index is 0.000000450. The van der Waals surface area contributed by atoms with Gasteiger partial charge < -0.3 is 43.3 Å². The van der Waals surface area contributed by atoms with Crippen molar-refractivity contribution in [2.75, 3.05) is 61.4 Å². The van der Waals surface area contributed by atoms with Crippen LogP contribution in [0.5, 0.6) is 23.0 Å². The monoisotopic (exact) mass is 1260 g/mol. The summed E-state index contributed by atoms with van der Waals surface area (Å²) >= 11 is 55.5. The molecule has 3 N–H and O–H groups in total.